The van der Waals surface area contributed by atoms with Crippen LogP contribution in [-0.4, -0.2) is 24.1 Å². The summed E-state index contributed by atoms with van der Waals surface area (Å²) in [6.07, 6.45) is 1.53. The summed E-state index contributed by atoms with van der Waals surface area (Å²) in [6.45, 7) is 4.10. The Balaban J connectivity index is 1.44. The zero-order chi connectivity index (χ0) is 28.3. The van der Waals surface area contributed by atoms with E-state index in [4.69, 9.17) is 16.3 Å². The number of hydrogen-bond acceptors (Lipinski definition) is 4. The Hall–Kier alpha value is -4.42. The van der Waals surface area contributed by atoms with E-state index in [2.05, 4.69) is 15.8 Å². The normalized spacial score (nSPS) is 11.9. The van der Waals surface area contributed by atoms with E-state index in [1.807, 2.05) is 123 Å². The van der Waals surface area contributed by atoms with Gasteiger partial charge in [-0.15, -0.1) is 0 Å². The van der Waals surface area contributed by atoms with Crippen LogP contribution in [0, 0.1) is 5.92 Å². The highest BCUT2D eigenvalue weighted by Gasteiger charge is 2.29. The van der Waals surface area contributed by atoms with Crippen LogP contribution in [-0.2, 0) is 16.2 Å². The van der Waals surface area contributed by atoms with E-state index in [0.717, 1.165) is 16.7 Å². The van der Waals surface area contributed by atoms with Crippen molar-refractivity contribution in [1.29, 1.82) is 0 Å². The Morgan fingerprint density at radius 2 is 1.45 bits per heavy atom. The largest absolute Gasteiger partial charge is 0.488 e. The molecule has 0 bridgehead atoms. The summed E-state index contributed by atoms with van der Waals surface area (Å²) in [6, 6.07) is 33.2. The molecular formula is C33H32ClN3O3. The van der Waals surface area contributed by atoms with Crippen LogP contribution < -0.4 is 15.5 Å². The number of ether oxygens (including phenoxy) is 1. The second-order valence-electron chi connectivity index (χ2n) is 9.68. The highest BCUT2D eigenvalue weighted by Crippen LogP contribution is 2.25. The number of nitrogens with one attached hydrogen (secondary N) is 2. The smallest absolute Gasteiger partial charge is 0.262 e. The number of hydrazone groups is 1. The van der Waals surface area contributed by atoms with Crippen molar-refractivity contribution >= 4 is 29.6 Å². The number of benzene rings is 4. The molecule has 4 aromatic carbocycles. The quantitative estimate of drug-likeness (QED) is 0.168. The van der Waals surface area contributed by atoms with Crippen molar-refractivity contribution in [2.45, 2.75) is 32.4 Å². The first-order valence-corrected chi connectivity index (χ1v) is 13.5. The lowest BCUT2D eigenvalue weighted by Crippen LogP contribution is -2.50. The van der Waals surface area contributed by atoms with Crippen molar-refractivity contribution in [3.63, 3.8) is 0 Å². The zero-order valence-electron chi connectivity index (χ0n) is 22.5. The van der Waals surface area contributed by atoms with Gasteiger partial charge in [-0.2, -0.15) is 5.10 Å². The monoisotopic (exact) mass is 553 g/mol. The highest BCUT2D eigenvalue weighted by atomic mass is 35.5. The summed E-state index contributed by atoms with van der Waals surface area (Å²) in [5.41, 5.74) is 5.92. The molecule has 0 aliphatic rings. The SMILES string of the molecule is CC(C)[C@@H](NC(=O)C(c1ccccc1)c1ccccc1)C(=O)N/N=C\c1ccccc1OCc1cccc(Cl)c1. The molecule has 0 aliphatic heterocycles. The molecule has 0 spiro atoms. The van der Waals surface area contributed by atoms with E-state index in [-0.39, 0.29) is 11.8 Å². The van der Waals surface area contributed by atoms with E-state index in [1.165, 1.54) is 6.21 Å². The Labute approximate surface area is 240 Å². The predicted octanol–water partition coefficient (Wildman–Crippen LogP) is 6.34. The van der Waals surface area contributed by atoms with E-state index >= 15 is 0 Å². The van der Waals surface area contributed by atoms with Crippen molar-refractivity contribution in [3.05, 3.63) is 136 Å². The molecule has 7 heteroatoms. The molecule has 4 aromatic rings. The maximum atomic E-state index is 13.6. The van der Waals surface area contributed by atoms with Gasteiger partial charge in [-0.05, 0) is 46.9 Å². The van der Waals surface area contributed by atoms with Crippen LogP contribution >= 0.6 is 11.6 Å². The maximum Gasteiger partial charge on any atom is 0.262 e. The standard InChI is InChI=1S/C33H32ClN3O3/c1-23(2)31(36-32(38)30(25-13-5-3-6-14-25)26-15-7-4-8-16-26)33(39)37-35-21-27-17-9-10-19-29(27)40-22-24-12-11-18-28(34)20-24/h3-21,23,30-31H,22H2,1-2H3,(H,36,38)(H,37,39)/b35-21-/t31-/m1/s1. The fourth-order valence-corrected chi connectivity index (χ4v) is 4.51. The molecule has 0 aromatic heterocycles. The van der Waals surface area contributed by atoms with E-state index in [0.29, 0.717) is 22.9 Å². The summed E-state index contributed by atoms with van der Waals surface area (Å²) in [5.74, 6) is -0.766. The number of hydrogen-bond donors (Lipinski definition) is 2. The lowest BCUT2D eigenvalue weighted by Gasteiger charge is -2.24. The zero-order valence-corrected chi connectivity index (χ0v) is 23.2. The van der Waals surface area contributed by atoms with Crippen LogP contribution in [0.15, 0.2) is 114 Å². The fraction of sp³-hybridized carbons (Fsp3) is 0.182. The van der Waals surface area contributed by atoms with Gasteiger partial charge in [-0.1, -0.05) is 110 Å². The molecule has 2 N–H and O–H groups in total. The van der Waals surface area contributed by atoms with Gasteiger partial charge in [0.25, 0.3) is 5.91 Å². The second-order valence-corrected chi connectivity index (χ2v) is 10.1. The number of carbonyl (C=O) groups excluding carboxylic acids is 2. The molecule has 0 aliphatic carbocycles. The van der Waals surface area contributed by atoms with Crippen molar-refractivity contribution in [1.82, 2.24) is 10.7 Å². The number of halogens is 1. The first-order valence-electron chi connectivity index (χ1n) is 13.1. The van der Waals surface area contributed by atoms with Gasteiger partial charge in [0.15, 0.2) is 0 Å². The molecule has 40 heavy (non-hydrogen) atoms. The highest BCUT2D eigenvalue weighted by molar-refractivity contribution is 6.30. The van der Waals surface area contributed by atoms with Crippen molar-refractivity contribution < 1.29 is 14.3 Å². The van der Waals surface area contributed by atoms with E-state index in [9.17, 15) is 9.59 Å². The maximum absolute atomic E-state index is 13.6. The average molecular weight is 554 g/mol. The molecule has 204 valence electrons. The molecule has 0 saturated heterocycles. The molecule has 2 amide bonds. The molecule has 0 saturated carbocycles. The topological polar surface area (TPSA) is 79.8 Å². The van der Waals surface area contributed by atoms with Gasteiger partial charge >= 0.3 is 0 Å². The molecule has 6 nitrogen and oxygen atoms in total. The predicted molar refractivity (Wildman–Crippen MR) is 159 cm³/mol. The molecule has 1 atom stereocenters. The summed E-state index contributed by atoms with van der Waals surface area (Å²) >= 11 is 6.07. The van der Waals surface area contributed by atoms with Gasteiger partial charge in [0.1, 0.15) is 18.4 Å². The van der Waals surface area contributed by atoms with Crippen molar-refractivity contribution in [3.8, 4) is 5.75 Å². The third kappa shape index (κ3) is 7.80. The van der Waals surface area contributed by atoms with Crippen LogP contribution in [0.2, 0.25) is 5.02 Å². The van der Waals surface area contributed by atoms with Crippen LogP contribution in [0.5, 0.6) is 5.75 Å². The van der Waals surface area contributed by atoms with Gasteiger partial charge in [0.2, 0.25) is 5.91 Å². The summed E-state index contributed by atoms with van der Waals surface area (Å²) in [5, 5.41) is 7.77. The Morgan fingerprint density at radius 1 is 0.825 bits per heavy atom. The van der Waals surface area contributed by atoms with Gasteiger partial charge in [-0.3, -0.25) is 9.59 Å². The molecule has 0 radical (unpaired) electrons. The van der Waals surface area contributed by atoms with Crippen LogP contribution in [0.4, 0.5) is 0 Å². The number of para-hydroxylation sites is 1. The van der Waals surface area contributed by atoms with Crippen molar-refractivity contribution in [2.75, 3.05) is 0 Å². The fourth-order valence-electron chi connectivity index (χ4n) is 4.30. The molecule has 4 rings (SSSR count). The average Bonchev–Trinajstić information content (AvgIpc) is 2.96. The van der Waals surface area contributed by atoms with E-state index < -0.39 is 17.9 Å². The summed E-state index contributed by atoms with van der Waals surface area (Å²) < 4.78 is 5.96. The van der Waals surface area contributed by atoms with Gasteiger partial charge in [0, 0.05) is 10.6 Å². The lowest BCUT2D eigenvalue weighted by atomic mass is 9.89. The van der Waals surface area contributed by atoms with Crippen LogP contribution in [0.1, 0.15) is 42.0 Å². The minimum atomic E-state index is -0.783. The van der Waals surface area contributed by atoms with E-state index in [1.54, 1.807) is 0 Å². The molecule has 0 unspecified atom stereocenters. The third-order valence-corrected chi connectivity index (χ3v) is 6.59. The number of rotatable bonds is 11. The number of carbonyl (C=O) groups is 2. The Bertz CT molecular complexity index is 1400. The Kier molecular flexibility index (Phi) is 10.1. The first-order chi connectivity index (χ1) is 19.4. The number of amides is 2. The third-order valence-electron chi connectivity index (χ3n) is 6.36. The number of nitrogens with zero attached hydrogens (tertiary/aromatic N) is 1. The lowest BCUT2D eigenvalue weighted by molar-refractivity contribution is -0.130. The van der Waals surface area contributed by atoms with Gasteiger partial charge < -0.3 is 10.1 Å². The minimum absolute atomic E-state index is 0.167. The summed E-state index contributed by atoms with van der Waals surface area (Å²) in [4.78, 5) is 26.7. The minimum Gasteiger partial charge on any atom is -0.488 e. The summed E-state index contributed by atoms with van der Waals surface area (Å²) in [7, 11) is 0. The molecular weight excluding hydrogens is 522 g/mol. The van der Waals surface area contributed by atoms with Crippen LogP contribution in [0.25, 0.3) is 0 Å². The van der Waals surface area contributed by atoms with Gasteiger partial charge in [-0.25, -0.2) is 5.43 Å². The van der Waals surface area contributed by atoms with Gasteiger partial charge in [0.05, 0.1) is 12.1 Å². The van der Waals surface area contributed by atoms with Crippen molar-refractivity contribution in [2.24, 2.45) is 11.0 Å². The van der Waals surface area contributed by atoms with Crippen LogP contribution in [0.3, 0.4) is 0 Å². The second kappa shape index (κ2) is 14.1. The first kappa shape index (κ1) is 28.6. The Morgan fingerprint density at radius 3 is 2.08 bits per heavy atom. The molecule has 0 fully saturated rings. The molecule has 0 heterocycles.